The highest BCUT2D eigenvalue weighted by atomic mass is 15.3. The Hall–Kier alpha value is -5.16. The molecule has 43 heavy (non-hydrogen) atoms. The summed E-state index contributed by atoms with van der Waals surface area (Å²) in [7, 11) is 0. The quantitative estimate of drug-likeness (QED) is 0.216. The highest BCUT2D eigenvalue weighted by Gasteiger charge is 2.39. The molecule has 4 aromatic carbocycles. The van der Waals surface area contributed by atoms with Crippen LogP contribution in [-0.4, -0.2) is 14.8 Å². The Bertz CT molecular complexity index is 1950. The third-order valence-electron chi connectivity index (χ3n) is 9.32. The average molecular weight is 560 g/mol. The second-order valence-electron chi connectivity index (χ2n) is 12.5. The van der Waals surface area contributed by atoms with Crippen molar-refractivity contribution in [3.05, 3.63) is 150 Å². The Morgan fingerprint density at radius 3 is 1.84 bits per heavy atom. The summed E-state index contributed by atoms with van der Waals surface area (Å²) >= 11 is 0. The van der Waals surface area contributed by atoms with E-state index in [1.807, 2.05) is 35.4 Å². The molecule has 0 bridgehead atoms. The molecule has 0 atom stereocenters. The molecule has 0 saturated carbocycles. The van der Waals surface area contributed by atoms with Crippen molar-refractivity contribution in [2.75, 3.05) is 9.80 Å². The van der Waals surface area contributed by atoms with Crippen molar-refractivity contribution in [2.45, 2.75) is 38.5 Å². The van der Waals surface area contributed by atoms with E-state index in [9.17, 15) is 0 Å². The van der Waals surface area contributed by atoms with Crippen molar-refractivity contribution in [3.8, 4) is 5.69 Å². The molecule has 0 aliphatic carbocycles. The van der Waals surface area contributed by atoms with E-state index in [4.69, 9.17) is 4.98 Å². The van der Waals surface area contributed by atoms with Gasteiger partial charge in [-0.05, 0) is 71.3 Å². The molecule has 5 heteroatoms. The first-order chi connectivity index (χ1) is 20.9. The van der Waals surface area contributed by atoms with Gasteiger partial charge < -0.3 is 4.90 Å². The summed E-state index contributed by atoms with van der Waals surface area (Å²) in [5.74, 6) is 0.977. The van der Waals surface area contributed by atoms with Gasteiger partial charge in [0.25, 0.3) is 0 Å². The minimum atomic E-state index is -0.164. The van der Waals surface area contributed by atoms with Crippen LogP contribution in [0.3, 0.4) is 0 Å². The van der Waals surface area contributed by atoms with Gasteiger partial charge in [0, 0.05) is 46.4 Å². The average Bonchev–Trinajstić information content (AvgIpc) is 3.57. The SMILES string of the molecule is CC1(C)c2ccccc2N(c2cccc(N3c4ccccc4C(C)(C)c4cccnc43)c2)c2cc(-n3cccn3)ccc21. The molecule has 8 rings (SSSR count). The van der Waals surface area contributed by atoms with Crippen LogP contribution in [0.15, 0.2) is 128 Å². The van der Waals surface area contributed by atoms with Crippen molar-refractivity contribution in [3.63, 3.8) is 0 Å². The van der Waals surface area contributed by atoms with Crippen molar-refractivity contribution in [1.82, 2.24) is 14.8 Å². The lowest BCUT2D eigenvalue weighted by Gasteiger charge is -2.43. The molecule has 6 aromatic rings. The number of hydrogen-bond donors (Lipinski definition) is 0. The number of rotatable bonds is 3. The van der Waals surface area contributed by atoms with Crippen molar-refractivity contribution in [2.24, 2.45) is 0 Å². The first-order valence-electron chi connectivity index (χ1n) is 14.8. The first-order valence-corrected chi connectivity index (χ1v) is 14.8. The Morgan fingerprint density at radius 2 is 1.12 bits per heavy atom. The molecule has 4 heterocycles. The molecule has 0 saturated heterocycles. The van der Waals surface area contributed by atoms with Crippen LogP contribution in [0.4, 0.5) is 34.3 Å². The predicted octanol–water partition coefficient (Wildman–Crippen LogP) is 9.49. The molecular weight excluding hydrogens is 526 g/mol. The van der Waals surface area contributed by atoms with E-state index in [1.165, 1.54) is 27.9 Å². The molecule has 0 unspecified atom stereocenters. The maximum Gasteiger partial charge on any atom is 0.141 e. The molecule has 0 N–H and O–H groups in total. The number of fused-ring (bicyclic) bond motifs is 4. The number of benzene rings is 4. The van der Waals surface area contributed by atoms with Crippen molar-refractivity contribution >= 4 is 34.3 Å². The summed E-state index contributed by atoms with van der Waals surface area (Å²) in [6.45, 7) is 9.23. The van der Waals surface area contributed by atoms with E-state index < -0.39 is 0 Å². The summed E-state index contributed by atoms with van der Waals surface area (Å²) in [4.78, 5) is 9.68. The second-order valence-corrected chi connectivity index (χ2v) is 12.5. The van der Waals surface area contributed by atoms with Gasteiger partial charge in [0.15, 0.2) is 0 Å². The van der Waals surface area contributed by atoms with Gasteiger partial charge in [0.05, 0.1) is 22.7 Å². The lowest BCUT2D eigenvalue weighted by atomic mass is 9.73. The molecule has 0 radical (unpaired) electrons. The number of pyridine rings is 1. The fourth-order valence-corrected chi connectivity index (χ4v) is 7.10. The zero-order valence-corrected chi connectivity index (χ0v) is 24.9. The fourth-order valence-electron chi connectivity index (χ4n) is 7.10. The monoisotopic (exact) mass is 559 g/mol. The summed E-state index contributed by atoms with van der Waals surface area (Å²) in [6.07, 6.45) is 5.72. The second kappa shape index (κ2) is 9.17. The summed E-state index contributed by atoms with van der Waals surface area (Å²) < 4.78 is 1.93. The topological polar surface area (TPSA) is 37.2 Å². The van der Waals surface area contributed by atoms with Crippen LogP contribution < -0.4 is 9.80 Å². The van der Waals surface area contributed by atoms with Gasteiger partial charge in [-0.3, -0.25) is 4.90 Å². The van der Waals surface area contributed by atoms with E-state index in [1.54, 1.807) is 0 Å². The van der Waals surface area contributed by atoms with E-state index in [0.29, 0.717) is 0 Å². The van der Waals surface area contributed by atoms with Gasteiger partial charge in [-0.25, -0.2) is 9.67 Å². The van der Waals surface area contributed by atoms with Gasteiger partial charge in [0.1, 0.15) is 5.82 Å². The summed E-state index contributed by atoms with van der Waals surface area (Å²) in [5, 5.41) is 4.53. The zero-order chi connectivity index (χ0) is 29.3. The number of para-hydroxylation sites is 2. The number of aromatic nitrogens is 3. The fraction of sp³-hybridized carbons (Fsp3) is 0.158. The minimum Gasteiger partial charge on any atom is -0.310 e. The van der Waals surface area contributed by atoms with Crippen LogP contribution in [0.1, 0.15) is 49.9 Å². The van der Waals surface area contributed by atoms with Crippen LogP contribution >= 0.6 is 0 Å². The van der Waals surface area contributed by atoms with Gasteiger partial charge in [0.2, 0.25) is 0 Å². The molecule has 2 aromatic heterocycles. The lowest BCUT2D eigenvalue weighted by molar-refractivity contribution is 0.627. The number of nitrogens with zero attached hydrogens (tertiary/aromatic N) is 5. The van der Waals surface area contributed by atoms with E-state index in [-0.39, 0.29) is 10.8 Å². The smallest absolute Gasteiger partial charge is 0.141 e. The maximum atomic E-state index is 4.95. The standard InChI is InChI=1S/C38H33N5/c1-37(2)29-14-5-7-17-33(29)42(35-25-26(19-20-31(35)37)41-23-11-22-40-41)27-12-9-13-28(24-27)43-34-18-8-6-15-30(34)38(3,4)32-16-10-21-39-36(32)43/h5-25H,1-4H3. The molecule has 2 aliphatic rings. The predicted molar refractivity (Wildman–Crippen MR) is 175 cm³/mol. The number of hydrogen-bond acceptors (Lipinski definition) is 4. The third-order valence-corrected chi connectivity index (χ3v) is 9.32. The zero-order valence-electron chi connectivity index (χ0n) is 24.9. The van der Waals surface area contributed by atoms with Crippen LogP contribution in [0, 0.1) is 0 Å². The van der Waals surface area contributed by atoms with Gasteiger partial charge >= 0.3 is 0 Å². The van der Waals surface area contributed by atoms with Gasteiger partial charge in [-0.1, -0.05) is 82.3 Å². The summed E-state index contributed by atoms with van der Waals surface area (Å²) in [6, 6.07) is 39.3. The van der Waals surface area contributed by atoms with E-state index >= 15 is 0 Å². The highest BCUT2D eigenvalue weighted by molar-refractivity contribution is 5.90. The van der Waals surface area contributed by atoms with E-state index in [2.05, 4.69) is 140 Å². The third kappa shape index (κ3) is 3.71. The van der Waals surface area contributed by atoms with Gasteiger partial charge in [-0.15, -0.1) is 0 Å². The van der Waals surface area contributed by atoms with Gasteiger partial charge in [-0.2, -0.15) is 5.10 Å². The van der Waals surface area contributed by atoms with Crippen LogP contribution in [0.25, 0.3) is 5.69 Å². The molecule has 5 nitrogen and oxygen atoms in total. The van der Waals surface area contributed by atoms with Crippen molar-refractivity contribution in [1.29, 1.82) is 0 Å². The summed E-state index contributed by atoms with van der Waals surface area (Å²) in [5.41, 5.74) is 11.5. The largest absolute Gasteiger partial charge is 0.310 e. The molecule has 0 amide bonds. The van der Waals surface area contributed by atoms with Crippen molar-refractivity contribution < 1.29 is 0 Å². The maximum absolute atomic E-state index is 4.95. The molecule has 0 fully saturated rings. The first kappa shape index (κ1) is 25.5. The molecule has 0 spiro atoms. The Labute approximate surface area is 252 Å². The number of anilines is 6. The Morgan fingerprint density at radius 1 is 0.488 bits per heavy atom. The van der Waals surface area contributed by atoms with Crippen LogP contribution in [-0.2, 0) is 10.8 Å². The molecular formula is C38H33N5. The van der Waals surface area contributed by atoms with Crippen LogP contribution in [0.2, 0.25) is 0 Å². The van der Waals surface area contributed by atoms with Crippen LogP contribution in [0.5, 0.6) is 0 Å². The highest BCUT2D eigenvalue weighted by Crippen LogP contribution is 2.54. The van der Waals surface area contributed by atoms with E-state index in [0.717, 1.165) is 34.3 Å². The molecule has 2 aliphatic heterocycles. The Balaban J connectivity index is 1.35. The minimum absolute atomic E-state index is 0.159. The normalized spacial score (nSPS) is 15.7. The lowest BCUT2D eigenvalue weighted by Crippen LogP contribution is -2.32. The molecule has 210 valence electrons. The Kier molecular flexibility index (Phi) is 5.45.